The van der Waals surface area contributed by atoms with Crippen LogP contribution >= 0.6 is 24.0 Å². The van der Waals surface area contributed by atoms with E-state index in [9.17, 15) is 9.00 Å². The first kappa shape index (κ1) is 27.0. The predicted octanol–water partition coefficient (Wildman–Crippen LogP) is 2.40. The van der Waals surface area contributed by atoms with Crippen molar-refractivity contribution in [3.05, 3.63) is 30.3 Å². The number of piperazine rings is 1. The van der Waals surface area contributed by atoms with Crippen LogP contribution in [-0.2, 0) is 15.6 Å². The molecule has 7 nitrogen and oxygen atoms in total. The van der Waals surface area contributed by atoms with Crippen molar-refractivity contribution in [1.82, 2.24) is 20.0 Å². The van der Waals surface area contributed by atoms with E-state index in [2.05, 4.69) is 26.9 Å². The summed E-state index contributed by atoms with van der Waals surface area (Å²) in [5.41, 5.74) is 0. The molecule has 1 amide bonds. The summed E-state index contributed by atoms with van der Waals surface area (Å²) in [5, 5.41) is 3.36. The summed E-state index contributed by atoms with van der Waals surface area (Å²) in [6.07, 6.45) is 4.76. The topological polar surface area (TPSA) is 68.2 Å². The lowest BCUT2D eigenvalue weighted by atomic mass is 10.2. The van der Waals surface area contributed by atoms with Crippen molar-refractivity contribution in [1.29, 1.82) is 0 Å². The van der Waals surface area contributed by atoms with Crippen LogP contribution in [0.15, 0.2) is 40.2 Å². The Labute approximate surface area is 212 Å². The Kier molecular flexibility index (Phi) is 12.6. The van der Waals surface area contributed by atoms with Crippen molar-refractivity contribution in [2.24, 2.45) is 4.99 Å². The second-order valence-electron chi connectivity index (χ2n) is 8.16. The van der Waals surface area contributed by atoms with Crippen LogP contribution in [0.5, 0.6) is 0 Å². The van der Waals surface area contributed by atoms with Crippen LogP contribution in [0.4, 0.5) is 0 Å². The van der Waals surface area contributed by atoms with E-state index in [1.54, 1.807) is 0 Å². The molecule has 1 aromatic rings. The van der Waals surface area contributed by atoms with E-state index in [1.807, 2.05) is 30.3 Å². The van der Waals surface area contributed by atoms with E-state index in [4.69, 9.17) is 4.99 Å². The zero-order valence-corrected chi connectivity index (χ0v) is 22.4. The van der Waals surface area contributed by atoms with Gasteiger partial charge in [0, 0.05) is 56.5 Å². The molecule has 0 aromatic heterocycles. The fourth-order valence-electron chi connectivity index (χ4n) is 4.08. The lowest BCUT2D eigenvalue weighted by Gasteiger charge is -2.37. The van der Waals surface area contributed by atoms with Gasteiger partial charge < -0.3 is 15.1 Å². The van der Waals surface area contributed by atoms with Crippen LogP contribution in [0, 0.1) is 0 Å². The number of guanidine groups is 1. The summed E-state index contributed by atoms with van der Waals surface area (Å²) in [7, 11) is -1.03. The lowest BCUT2D eigenvalue weighted by Crippen LogP contribution is -2.54. The van der Waals surface area contributed by atoms with Gasteiger partial charge in [-0.15, -0.1) is 24.0 Å². The van der Waals surface area contributed by atoms with Crippen LogP contribution in [0.1, 0.15) is 32.6 Å². The third-order valence-electron chi connectivity index (χ3n) is 5.87. The number of nitrogens with one attached hydrogen (secondary N) is 1. The Morgan fingerprint density at radius 3 is 2.25 bits per heavy atom. The summed E-state index contributed by atoms with van der Waals surface area (Å²) >= 11 is 0. The summed E-state index contributed by atoms with van der Waals surface area (Å²) in [4.78, 5) is 24.8. The molecule has 0 saturated carbocycles. The normalized spacial score (nSPS) is 19.1. The van der Waals surface area contributed by atoms with Gasteiger partial charge in [0.1, 0.15) is 0 Å². The van der Waals surface area contributed by atoms with Gasteiger partial charge in [0.25, 0.3) is 0 Å². The molecule has 3 rings (SSSR count). The Morgan fingerprint density at radius 2 is 1.62 bits per heavy atom. The largest absolute Gasteiger partial charge is 0.357 e. The zero-order valence-electron chi connectivity index (χ0n) is 19.2. The highest BCUT2D eigenvalue weighted by Gasteiger charge is 2.23. The molecule has 1 N–H and O–H groups in total. The summed E-state index contributed by atoms with van der Waals surface area (Å²) in [5.74, 6) is 1.67. The number of amides is 1. The van der Waals surface area contributed by atoms with E-state index in [0.717, 1.165) is 69.5 Å². The van der Waals surface area contributed by atoms with Gasteiger partial charge in [0.05, 0.1) is 23.9 Å². The number of likely N-dealkylation sites (tertiary alicyclic amines) is 1. The molecule has 0 spiro atoms. The number of nitrogens with zero attached hydrogens (tertiary/aromatic N) is 4. The van der Waals surface area contributed by atoms with Crippen molar-refractivity contribution in [2.45, 2.75) is 37.5 Å². The van der Waals surface area contributed by atoms with Crippen LogP contribution in [0.25, 0.3) is 0 Å². The van der Waals surface area contributed by atoms with E-state index in [1.165, 1.54) is 12.8 Å². The van der Waals surface area contributed by atoms with Crippen molar-refractivity contribution in [2.75, 3.05) is 64.7 Å². The minimum atomic E-state index is -1.03. The molecule has 9 heteroatoms. The number of hydrogen-bond acceptors (Lipinski definition) is 4. The second kappa shape index (κ2) is 14.8. The molecule has 180 valence electrons. The first-order chi connectivity index (χ1) is 15.2. The molecule has 0 bridgehead atoms. The van der Waals surface area contributed by atoms with Crippen molar-refractivity contribution >= 4 is 46.6 Å². The summed E-state index contributed by atoms with van der Waals surface area (Å²) in [6.45, 7) is 9.17. The van der Waals surface area contributed by atoms with Crippen LogP contribution in [0.2, 0.25) is 0 Å². The highest BCUT2D eigenvalue weighted by Crippen LogP contribution is 2.11. The fraction of sp³-hybridized carbons (Fsp3) is 0.652. The standard InChI is InChI=1S/C23H37N5O2S.HI/c1-2-24-23(25-12-19-31(30)21-10-6-5-7-11-21)28-17-15-26(16-18-28)20-22(29)27-13-8-3-4-9-14-27;/h5-7,10-11H,2-4,8-9,12-20H2,1H3,(H,24,25);1H. The Hall–Kier alpha value is -1.20. The average Bonchev–Trinajstić information content (AvgIpc) is 3.09. The van der Waals surface area contributed by atoms with E-state index >= 15 is 0 Å². The molecule has 0 aliphatic carbocycles. The maximum atomic E-state index is 12.7. The third-order valence-corrected chi connectivity index (χ3v) is 7.22. The van der Waals surface area contributed by atoms with Crippen molar-refractivity contribution in [3.8, 4) is 0 Å². The molecule has 1 unspecified atom stereocenters. The third kappa shape index (κ3) is 8.62. The molecule has 2 aliphatic rings. The van der Waals surface area contributed by atoms with E-state index in [-0.39, 0.29) is 29.9 Å². The molecule has 1 atom stereocenters. The van der Waals surface area contributed by atoms with Crippen LogP contribution in [-0.4, -0.2) is 95.4 Å². The molecule has 2 heterocycles. The second-order valence-corrected chi connectivity index (χ2v) is 9.73. The molecule has 2 aliphatic heterocycles. The van der Waals surface area contributed by atoms with Gasteiger partial charge in [-0.3, -0.25) is 18.9 Å². The monoisotopic (exact) mass is 575 g/mol. The number of benzene rings is 1. The van der Waals surface area contributed by atoms with Gasteiger partial charge in [0.15, 0.2) is 5.96 Å². The molecule has 32 heavy (non-hydrogen) atoms. The number of halogens is 1. The highest BCUT2D eigenvalue weighted by atomic mass is 127. The van der Waals surface area contributed by atoms with Crippen molar-refractivity contribution in [3.63, 3.8) is 0 Å². The SMILES string of the molecule is CCNC(=NCCS(=O)c1ccccc1)N1CCN(CC(=O)N2CCCCCC2)CC1.I. The molecular formula is C23H38IN5O2S. The van der Waals surface area contributed by atoms with E-state index < -0.39 is 10.8 Å². The number of rotatable bonds is 7. The predicted molar refractivity (Wildman–Crippen MR) is 142 cm³/mol. The number of aliphatic imine (C=N–C) groups is 1. The molecule has 1 aromatic carbocycles. The summed E-state index contributed by atoms with van der Waals surface area (Å²) in [6, 6.07) is 9.56. The van der Waals surface area contributed by atoms with Gasteiger partial charge in [-0.25, -0.2) is 0 Å². The quantitative estimate of drug-likeness (QED) is 0.308. The first-order valence-corrected chi connectivity index (χ1v) is 13.0. The van der Waals surface area contributed by atoms with Gasteiger partial charge in [-0.2, -0.15) is 0 Å². The maximum absolute atomic E-state index is 12.7. The highest BCUT2D eigenvalue weighted by molar-refractivity contribution is 14.0. The van der Waals surface area contributed by atoms with Crippen LogP contribution < -0.4 is 5.32 Å². The Bertz CT molecular complexity index is 733. The number of hydrogen-bond donors (Lipinski definition) is 1. The zero-order chi connectivity index (χ0) is 21.9. The fourth-order valence-corrected chi connectivity index (χ4v) is 5.03. The van der Waals surface area contributed by atoms with Gasteiger partial charge in [-0.05, 0) is 31.9 Å². The number of carbonyl (C=O) groups excluding carboxylic acids is 1. The minimum absolute atomic E-state index is 0. The van der Waals surface area contributed by atoms with Crippen LogP contribution in [0.3, 0.4) is 0 Å². The lowest BCUT2D eigenvalue weighted by molar-refractivity contribution is -0.132. The smallest absolute Gasteiger partial charge is 0.236 e. The molecule has 2 saturated heterocycles. The molecular weight excluding hydrogens is 537 g/mol. The van der Waals surface area contributed by atoms with Gasteiger partial charge in [0.2, 0.25) is 5.91 Å². The van der Waals surface area contributed by atoms with Gasteiger partial charge >= 0.3 is 0 Å². The van der Waals surface area contributed by atoms with E-state index in [0.29, 0.717) is 18.8 Å². The van der Waals surface area contributed by atoms with Crippen molar-refractivity contribution < 1.29 is 9.00 Å². The molecule has 0 radical (unpaired) electrons. The maximum Gasteiger partial charge on any atom is 0.236 e. The Balaban J connectivity index is 0.00000363. The molecule has 2 fully saturated rings. The average molecular weight is 576 g/mol. The first-order valence-electron chi connectivity index (χ1n) is 11.6. The minimum Gasteiger partial charge on any atom is -0.357 e. The Morgan fingerprint density at radius 1 is 0.969 bits per heavy atom. The summed E-state index contributed by atoms with van der Waals surface area (Å²) < 4.78 is 12.4. The number of carbonyl (C=O) groups is 1. The van der Waals surface area contributed by atoms with Gasteiger partial charge in [-0.1, -0.05) is 31.0 Å².